The van der Waals surface area contributed by atoms with Gasteiger partial charge in [-0.05, 0) is 36.6 Å². The lowest BCUT2D eigenvalue weighted by Crippen LogP contribution is -2.46. The molecular weight excluding hydrogens is 383 g/mol. The van der Waals surface area contributed by atoms with Crippen LogP contribution in [0.1, 0.15) is 25.5 Å². The summed E-state index contributed by atoms with van der Waals surface area (Å²) in [7, 11) is 0. The Morgan fingerprint density at radius 1 is 1.23 bits per heavy atom. The first-order chi connectivity index (χ1) is 14.7. The summed E-state index contributed by atoms with van der Waals surface area (Å²) < 4.78 is 20.9. The van der Waals surface area contributed by atoms with E-state index in [4.69, 9.17) is 9.73 Å². The van der Waals surface area contributed by atoms with Crippen molar-refractivity contribution < 1.29 is 9.13 Å². The number of guanidine groups is 1. The topological polar surface area (TPSA) is 66.7 Å². The highest BCUT2D eigenvalue weighted by Crippen LogP contribution is 2.21. The summed E-state index contributed by atoms with van der Waals surface area (Å²) in [4.78, 5) is 7.15. The van der Waals surface area contributed by atoms with Gasteiger partial charge in [0.25, 0.3) is 0 Å². The lowest BCUT2D eigenvalue weighted by Gasteiger charge is -2.35. The van der Waals surface area contributed by atoms with Crippen molar-refractivity contribution >= 4 is 5.96 Å². The summed E-state index contributed by atoms with van der Waals surface area (Å²) in [6, 6.07) is 8.85. The van der Waals surface area contributed by atoms with E-state index in [0.717, 1.165) is 50.9 Å². The Kier molecular flexibility index (Phi) is 8.65. The number of aromatic nitrogens is 2. The van der Waals surface area contributed by atoms with Crippen molar-refractivity contribution in [3.8, 4) is 0 Å². The quantitative estimate of drug-likeness (QED) is 0.485. The molecule has 30 heavy (non-hydrogen) atoms. The molecule has 2 heterocycles. The van der Waals surface area contributed by atoms with Crippen molar-refractivity contribution in [2.24, 2.45) is 10.9 Å². The van der Waals surface area contributed by atoms with E-state index in [0.29, 0.717) is 19.0 Å². The number of morpholine rings is 1. The highest BCUT2D eigenvalue weighted by Gasteiger charge is 2.23. The molecule has 1 aliphatic heterocycles. The zero-order chi connectivity index (χ0) is 21.2. The van der Waals surface area contributed by atoms with Crippen LogP contribution < -0.4 is 10.6 Å². The largest absolute Gasteiger partial charge is 0.379 e. The molecule has 0 radical (unpaired) electrons. The minimum absolute atomic E-state index is 0.125. The number of nitrogens with one attached hydrogen (secondary N) is 2. The van der Waals surface area contributed by atoms with Crippen LogP contribution in [0.25, 0.3) is 0 Å². The van der Waals surface area contributed by atoms with Crippen LogP contribution in [-0.4, -0.2) is 66.6 Å². The van der Waals surface area contributed by atoms with Crippen LogP contribution in [0.5, 0.6) is 0 Å². The smallest absolute Gasteiger partial charge is 0.191 e. The van der Waals surface area contributed by atoms with Gasteiger partial charge in [0.15, 0.2) is 5.96 Å². The van der Waals surface area contributed by atoms with Gasteiger partial charge in [0, 0.05) is 51.7 Å². The Bertz CT molecular complexity index is 758. The van der Waals surface area contributed by atoms with Gasteiger partial charge in [0.05, 0.1) is 19.3 Å². The molecule has 0 aliphatic carbocycles. The summed E-state index contributed by atoms with van der Waals surface area (Å²) in [5.41, 5.74) is 1.09. The zero-order valence-electron chi connectivity index (χ0n) is 17.9. The Labute approximate surface area is 178 Å². The molecule has 2 aromatic rings. The van der Waals surface area contributed by atoms with Gasteiger partial charge in [-0.1, -0.05) is 19.1 Å². The van der Waals surface area contributed by atoms with Gasteiger partial charge in [0.1, 0.15) is 5.82 Å². The first-order valence-corrected chi connectivity index (χ1v) is 10.7. The second kappa shape index (κ2) is 11.7. The minimum Gasteiger partial charge on any atom is -0.379 e. The van der Waals surface area contributed by atoms with E-state index in [9.17, 15) is 4.39 Å². The highest BCUT2D eigenvalue weighted by atomic mass is 19.1. The minimum atomic E-state index is -0.214. The maximum atomic E-state index is 13.4. The average molecular weight is 417 g/mol. The first-order valence-electron chi connectivity index (χ1n) is 10.7. The first kappa shape index (κ1) is 22.2. The number of halogens is 1. The van der Waals surface area contributed by atoms with Crippen molar-refractivity contribution in [2.45, 2.75) is 26.4 Å². The molecular formula is C22H33FN6O. The second-order valence-corrected chi connectivity index (χ2v) is 7.65. The summed E-state index contributed by atoms with van der Waals surface area (Å²) in [6.45, 7) is 10.4. The van der Waals surface area contributed by atoms with Gasteiger partial charge in [-0.15, -0.1) is 0 Å². The van der Waals surface area contributed by atoms with Crippen LogP contribution in [0.15, 0.2) is 47.7 Å². The number of benzene rings is 1. The standard InChI is InChI=1S/C22H33FN6O/c1-3-24-22(25-15-18(2)17-29-10-4-9-27-29)26-16-21(28-11-13-30-14-12-28)19-5-7-20(23)8-6-19/h4-10,18,21H,3,11-17H2,1-2H3,(H2,24,25,26). The number of nitrogens with zero attached hydrogens (tertiary/aromatic N) is 4. The fraction of sp³-hybridized carbons (Fsp3) is 0.545. The number of ether oxygens (including phenoxy) is 1. The second-order valence-electron chi connectivity index (χ2n) is 7.65. The zero-order valence-corrected chi connectivity index (χ0v) is 17.9. The van der Waals surface area contributed by atoms with Crippen molar-refractivity contribution in [1.82, 2.24) is 25.3 Å². The van der Waals surface area contributed by atoms with Crippen molar-refractivity contribution in [2.75, 3.05) is 45.9 Å². The number of hydrogen-bond donors (Lipinski definition) is 2. The molecule has 0 saturated carbocycles. The molecule has 1 saturated heterocycles. The normalized spacial score (nSPS) is 17.5. The molecule has 0 bridgehead atoms. The van der Waals surface area contributed by atoms with Crippen LogP contribution in [-0.2, 0) is 11.3 Å². The predicted octanol–water partition coefficient (Wildman–Crippen LogP) is 2.29. The molecule has 1 aromatic carbocycles. The third-order valence-corrected chi connectivity index (χ3v) is 5.17. The van der Waals surface area contributed by atoms with Crippen LogP contribution in [0, 0.1) is 11.7 Å². The van der Waals surface area contributed by atoms with Crippen molar-refractivity contribution in [1.29, 1.82) is 0 Å². The molecule has 1 aliphatic rings. The van der Waals surface area contributed by atoms with E-state index in [-0.39, 0.29) is 11.9 Å². The lowest BCUT2D eigenvalue weighted by atomic mass is 10.0. The predicted molar refractivity (Wildman–Crippen MR) is 117 cm³/mol. The molecule has 8 heteroatoms. The molecule has 1 aromatic heterocycles. The van der Waals surface area contributed by atoms with E-state index < -0.39 is 0 Å². The molecule has 7 nitrogen and oxygen atoms in total. The average Bonchev–Trinajstić information content (AvgIpc) is 3.27. The monoisotopic (exact) mass is 416 g/mol. The summed E-state index contributed by atoms with van der Waals surface area (Å²) >= 11 is 0. The Hall–Kier alpha value is -2.45. The third kappa shape index (κ3) is 6.81. The van der Waals surface area contributed by atoms with Crippen LogP contribution in [0.2, 0.25) is 0 Å². The SMILES string of the molecule is CCNC(=NCC(C)Cn1cccn1)NCC(c1ccc(F)cc1)N1CCOCC1. The van der Waals surface area contributed by atoms with Crippen molar-refractivity contribution in [3.63, 3.8) is 0 Å². The summed E-state index contributed by atoms with van der Waals surface area (Å²) in [5.74, 6) is 0.950. The lowest BCUT2D eigenvalue weighted by molar-refractivity contribution is 0.0170. The number of hydrogen-bond acceptors (Lipinski definition) is 4. The van der Waals surface area contributed by atoms with Gasteiger partial charge in [-0.2, -0.15) is 5.10 Å². The van der Waals surface area contributed by atoms with E-state index in [1.165, 1.54) is 12.1 Å². The van der Waals surface area contributed by atoms with Gasteiger partial charge in [-0.25, -0.2) is 4.39 Å². The molecule has 3 rings (SSSR count). The van der Waals surface area contributed by atoms with Gasteiger partial charge in [-0.3, -0.25) is 14.6 Å². The molecule has 2 unspecified atom stereocenters. The molecule has 0 spiro atoms. The van der Waals surface area contributed by atoms with E-state index in [1.54, 1.807) is 6.20 Å². The van der Waals surface area contributed by atoms with Crippen LogP contribution in [0.4, 0.5) is 4.39 Å². The van der Waals surface area contributed by atoms with Crippen molar-refractivity contribution in [3.05, 3.63) is 54.1 Å². The van der Waals surface area contributed by atoms with Gasteiger partial charge >= 0.3 is 0 Å². The number of rotatable bonds is 9. The fourth-order valence-corrected chi connectivity index (χ4v) is 3.60. The van der Waals surface area contributed by atoms with E-state index in [2.05, 4.69) is 34.5 Å². The molecule has 1 fully saturated rings. The summed E-state index contributed by atoms with van der Waals surface area (Å²) in [5, 5.41) is 11.1. The van der Waals surface area contributed by atoms with Crippen LogP contribution >= 0.6 is 0 Å². The van der Waals surface area contributed by atoms with Crippen LogP contribution in [0.3, 0.4) is 0 Å². The molecule has 2 atom stereocenters. The summed E-state index contributed by atoms with van der Waals surface area (Å²) in [6.07, 6.45) is 3.77. The molecule has 2 N–H and O–H groups in total. The van der Waals surface area contributed by atoms with E-state index >= 15 is 0 Å². The Morgan fingerprint density at radius 3 is 2.67 bits per heavy atom. The maximum absolute atomic E-state index is 13.4. The third-order valence-electron chi connectivity index (χ3n) is 5.17. The molecule has 164 valence electrons. The van der Waals surface area contributed by atoms with Gasteiger partial charge < -0.3 is 15.4 Å². The Morgan fingerprint density at radius 2 is 2.00 bits per heavy atom. The van der Waals surface area contributed by atoms with Gasteiger partial charge in [0.2, 0.25) is 0 Å². The highest BCUT2D eigenvalue weighted by molar-refractivity contribution is 5.79. The maximum Gasteiger partial charge on any atom is 0.191 e. The Balaban J connectivity index is 1.63. The van der Waals surface area contributed by atoms with E-state index in [1.807, 2.05) is 29.1 Å². The fourth-order valence-electron chi connectivity index (χ4n) is 3.60. The number of aliphatic imine (C=N–C) groups is 1. The molecule has 0 amide bonds.